The van der Waals surface area contributed by atoms with Gasteiger partial charge >= 0.3 is 0 Å². The normalized spacial score (nSPS) is 14.7. The van der Waals surface area contributed by atoms with Crippen LogP contribution in [0.25, 0.3) is 0 Å². The minimum absolute atomic E-state index is 0.761. The molecule has 144 valence electrons. The van der Waals surface area contributed by atoms with Crippen LogP contribution >= 0.6 is 0 Å². The first-order valence-corrected chi connectivity index (χ1v) is 9.62. The van der Waals surface area contributed by atoms with Crippen molar-refractivity contribution in [1.29, 1.82) is 0 Å². The molecule has 6 nitrogen and oxygen atoms in total. The lowest BCUT2D eigenvalue weighted by Gasteiger charge is -2.34. The van der Waals surface area contributed by atoms with Crippen LogP contribution in [0.15, 0.2) is 60.9 Å². The van der Waals surface area contributed by atoms with Crippen molar-refractivity contribution < 1.29 is 0 Å². The number of aromatic nitrogens is 2. The predicted octanol–water partition coefficient (Wildman–Crippen LogP) is 4.02. The van der Waals surface area contributed by atoms with Crippen LogP contribution in [0.3, 0.4) is 0 Å². The molecule has 2 heterocycles. The van der Waals surface area contributed by atoms with Crippen LogP contribution in [0.2, 0.25) is 0 Å². The maximum absolute atomic E-state index is 4.34. The second-order valence-corrected chi connectivity index (χ2v) is 7.25. The van der Waals surface area contributed by atoms with Crippen molar-refractivity contribution in [2.24, 2.45) is 0 Å². The quantitative estimate of drug-likeness (QED) is 0.703. The Hall–Kier alpha value is -3.12. The summed E-state index contributed by atoms with van der Waals surface area (Å²) >= 11 is 0. The summed E-state index contributed by atoms with van der Waals surface area (Å²) in [5.74, 6) is 1.52. The standard InChI is InChI=1S/C22H26N6/c1-17-4-3-5-19(14-17)26-22-15-21(23-16-24-22)25-18-6-8-20(9-7-18)28-12-10-27(2)11-13-28/h3-9,14-16H,10-13H2,1-2H3,(H2,23,24,25,26). The number of piperazine rings is 1. The predicted molar refractivity (Wildman–Crippen MR) is 116 cm³/mol. The summed E-state index contributed by atoms with van der Waals surface area (Å²) in [5.41, 5.74) is 4.50. The van der Waals surface area contributed by atoms with Gasteiger partial charge in [0.05, 0.1) is 0 Å². The van der Waals surface area contributed by atoms with E-state index in [9.17, 15) is 0 Å². The number of benzene rings is 2. The van der Waals surface area contributed by atoms with Crippen LogP contribution in [0.4, 0.5) is 28.7 Å². The molecule has 3 aromatic rings. The van der Waals surface area contributed by atoms with Gasteiger partial charge in [0.2, 0.25) is 0 Å². The van der Waals surface area contributed by atoms with Gasteiger partial charge in [-0.15, -0.1) is 0 Å². The lowest BCUT2D eigenvalue weighted by atomic mass is 10.2. The number of anilines is 5. The Balaban J connectivity index is 1.41. The number of likely N-dealkylation sites (N-methyl/N-ethyl adjacent to an activating group) is 1. The summed E-state index contributed by atoms with van der Waals surface area (Å²) in [6.45, 7) is 6.44. The molecule has 1 aromatic heterocycles. The maximum Gasteiger partial charge on any atom is 0.135 e. The summed E-state index contributed by atoms with van der Waals surface area (Å²) in [5, 5.41) is 6.69. The minimum atomic E-state index is 0.761. The minimum Gasteiger partial charge on any atom is -0.369 e. The largest absolute Gasteiger partial charge is 0.369 e. The first-order valence-electron chi connectivity index (χ1n) is 9.62. The third-order valence-corrected chi connectivity index (χ3v) is 4.97. The van der Waals surface area contributed by atoms with E-state index in [1.807, 2.05) is 18.2 Å². The first-order chi connectivity index (χ1) is 13.7. The van der Waals surface area contributed by atoms with Crippen LogP contribution in [0.1, 0.15) is 5.56 Å². The molecule has 1 fully saturated rings. The molecule has 2 aromatic carbocycles. The smallest absolute Gasteiger partial charge is 0.135 e. The molecular formula is C22H26N6. The molecular weight excluding hydrogens is 348 g/mol. The fourth-order valence-electron chi connectivity index (χ4n) is 3.33. The van der Waals surface area contributed by atoms with E-state index in [4.69, 9.17) is 0 Å². The average molecular weight is 374 g/mol. The molecule has 6 heteroatoms. The van der Waals surface area contributed by atoms with Crippen molar-refractivity contribution in [2.75, 3.05) is 48.8 Å². The fourth-order valence-corrected chi connectivity index (χ4v) is 3.33. The Morgan fingerprint density at radius 2 is 1.46 bits per heavy atom. The van der Waals surface area contributed by atoms with Gasteiger partial charge in [-0.2, -0.15) is 0 Å². The number of aryl methyl sites for hydroxylation is 1. The number of nitrogens with zero attached hydrogens (tertiary/aromatic N) is 4. The number of hydrogen-bond donors (Lipinski definition) is 2. The van der Waals surface area contributed by atoms with Crippen LogP contribution in [0.5, 0.6) is 0 Å². The topological polar surface area (TPSA) is 56.3 Å². The van der Waals surface area contributed by atoms with E-state index in [-0.39, 0.29) is 0 Å². The molecule has 1 aliphatic heterocycles. The van der Waals surface area contributed by atoms with E-state index in [2.05, 4.69) is 80.8 Å². The highest BCUT2D eigenvalue weighted by Crippen LogP contribution is 2.23. The van der Waals surface area contributed by atoms with E-state index in [1.165, 1.54) is 11.3 Å². The molecule has 0 unspecified atom stereocenters. The van der Waals surface area contributed by atoms with Gasteiger partial charge in [0.1, 0.15) is 18.0 Å². The van der Waals surface area contributed by atoms with Crippen LogP contribution in [0, 0.1) is 6.92 Å². The Kier molecular flexibility index (Phi) is 5.39. The zero-order chi connectivity index (χ0) is 19.3. The van der Waals surface area contributed by atoms with Gasteiger partial charge in [0.25, 0.3) is 0 Å². The van der Waals surface area contributed by atoms with E-state index in [0.29, 0.717) is 0 Å². The molecule has 28 heavy (non-hydrogen) atoms. The Labute approximate surface area is 166 Å². The van der Waals surface area contributed by atoms with E-state index in [0.717, 1.165) is 49.2 Å². The second-order valence-electron chi connectivity index (χ2n) is 7.25. The molecule has 1 aliphatic rings. The highest BCUT2D eigenvalue weighted by molar-refractivity contribution is 5.64. The van der Waals surface area contributed by atoms with E-state index >= 15 is 0 Å². The van der Waals surface area contributed by atoms with Crippen molar-refractivity contribution in [3.63, 3.8) is 0 Å². The monoisotopic (exact) mass is 374 g/mol. The Morgan fingerprint density at radius 1 is 0.786 bits per heavy atom. The second kappa shape index (κ2) is 8.27. The van der Waals surface area contributed by atoms with Gasteiger partial charge in [0.15, 0.2) is 0 Å². The van der Waals surface area contributed by atoms with Crippen molar-refractivity contribution >= 4 is 28.7 Å². The van der Waals surface area contributed by atoms with Gasteiger partial charge in [-0.1, -0.05) is 12.1 Å². The van der Waals surface area contributed by atoms with Gasteiger partial charge in [-0.05, 0) is 55.9 Å². The molecule has 2 N–H and O–H groups in total. The number of rotatable bonds is 5. The number of nitrogens with one attached hydrogen (secondary N) is 2. The Morgan fingerprint density at radius 3 is 2.14 bits per heavy atom. The summed E-state index contributed by atoms with van der Waals surface area (Å²) in [6.07, 6.45) is 1.57. The van der Waals surface area contributed by atoms with Gasteiger partial charge in [-0.3, -0.25) is 0 Å². The van der Waals surface area contributed by atoms with Crippen LogP contribution in [-0.2, 0) is 0 Å². The Bertz CT molecular complexity index is 916. The SMILES string of the molecule is Cc1cccc(Nc2cc(Nc3ccc(N4CCN(C)CC4)cc3)ncn2)c1. The van der Waals surface area contributed by atoms with Crippen molar-refractivity contribution in [2.45, 2.75) is 6.92 Å². The zero-order valence-corrected chi connectivity index (χ0v) is 16.4. The molecule has 0 amide bonds. The summed E-state index contributed by atoms with van der Waals surface area (Å²) in [6, 6.07) is 18.7. The lowest BCUT2D eigenvalue weighted by Crippen LogP contribution is -2.44. The summed E-state index contributed by atoms with van der Waals surface area (Å²) < 4.78 is 0. The summed E-state index contributed by atoms with van der Waals surface area (Å²) in [7, 11) is 2.17. The van der Waals surface area contributed by atoms with Crippen LogP contribution in [-0.4, -0.2) is 48.1 Å². The zero-order valence-electron chi connectivity index (χ0n) is 16.4. The van der Waals surface area contributed by atoms with E-state index < -0.39 is 0 Å². The molecule has 0 radical (unpaired) electrons. The molecule has 4 rings (SSSR count). The molecule has 0 atom stereocenters. The highest BCUT2D eigenvalue weighted by atomic mass is 15.2. The first kappa shape index (κ1) is 18.3. The highest BCUT2D eigenvalue weighted by Gasteiger charge is 2.14. The molecule has 0 spiro atoms. The number of hydrogen-bond acceptors (Lipinski definition) is 6. The van der Waals surface area contributed by atoms with Crippen molar-refractivity contribution in [1.82, 2.24) is 14.9 Å². The van der Waals surface area contributed by atoms with Gasteiger partial charge in [-0.25, -0.2) is 9.97 Å². The molecule has 0 aliphatic carbocycles. The van der Waals surface area contributed by atoms with Crippen LogP contribution < -0.4 is 15.5 Å². The summed E-state index contributed by atoms with van der Waals surface area (Å²) in [4.78, 5) is 13.4. The van der Waals surface area contributed by atoms with E-state index in [1.54, 1.807) is 6.33 Å². The molecule has 1 saturated heterocycles. The fraction of sp³-hybridized carbons (Fsp3) is 0.273. The van der Waals surface area contributed by atoms with Gasteiger partial charge in [0, 0.05) is 49.3 Å². The third-order valence-electron chi connectivity index (χ3n) is 4.97. The molecule has 0 bridgehead atoms. The third kappa shape index (κ3) is 4.58. The van der Waals surface area contributed by atoms with Crippen molar-refractivity contribution in [3.05, 3.63) is 66.5 Å². The maximum atomic E-state index is 4.34. The van der Waals surface area contributed by atoms with Crippen molar-refractivity contribution in [3.8, 4) is 0 Å². The molecule has 0 saturated carbocycles. The lowest BCUT2D eigenvalue weighted by molar-refractivity contribution is 0.313. The average Bonchev–Trinajstić information content (AvgIpc) is 2.70. The van der Waals surface area contributed by atoms with Gasteiger partial charge < -0.3 is 20.4 Å².